The number of pyridine rings is 1. The van der Waals surface area contributed by atoms with Gasteiger partial charge in [0.15, 0.2) is 0 Å². The maximum absolute atomic E-state index is 4.46. The highest BCUT2D eigenvalue weighted by Crippen LogP contribution is 2.25. The second-order valence-corrected chi connectivity index (χ2v) is 6.22. The van der Waals surface area contributed by atoms with Crippen molar-refractivity contribution in [1.82, 2.24) is 14.3 Å². The van der Waals surface area contributed by atoms with E-state index in [-0.39, 0.29) is 0 Å². The zero-order valence-electron chi connectivity index (χ0n) is 10.8. The number of aromatic nitrogens is 2. The van der Waals surface area contributed by atoms with Crippen LogP contribution in [0.15, 0.2) is 29.0 Å². The minimum atomic E-state index is 0.669. The monoisotopic (exact) mass is 307 g/mol. The molecular weight excluding hydrogens is 290 g/mol. The number of hydrogen-bond acceptors (Lipinski definition) is 2. The number of imidazole rings is 1. The predicted molar refractivity (Wildman–Crippen MR) is 76.5 cm³/mol. The van der Waals surface area contributed by atoms with E-state index in [2.05, 4.69) is 50.3 Å². The first kappa shape index (κ1) is 12.2. The molecule has 3 nitrogen and oxygen atoms in total. The molecule has 0 aromatic carbocycles. The molecule has 18 heavy (non-hydrogen) atoms. The van der Waals surface area contributed by atoms with Gasteiger partial charge in [-0.25, -0.2) is 4.98 Å². The van der Waals surface area contributed by atoms with E-state index in [1.165, 1.54) is 18.7 Å². The zero-order valence-corrected chi connectivity index (χ0v) is 12.4. The molecule has 1 aliphatic rings. The molecule has 2 aromatic rings. The van der Waals surface area contributed by atoms with Crippen molar-refractivity contribution in [3.8, 4) is 0 Å². The van der Waals surface area contributed by atoms with Gasteiger partial charge in [-0.15, -0.1) is 0 Å². The average molecular weight is 308 g/mol. The summed E-state index contributed by atoms with van der Waals surface area (Å²) >= 11 is 3.52. The van der Waals surface area contributed by atoms with Crippen molar-refractivity contribution in [2.45, 2.75) is 32.9 Å². The Hall–Kier alpha value is -0.870. The van der Waals surface area contributed by atoms with Crippen LogP contribution < -0.4 is 0 Å². The fourth-order valence-corrected chi connectivity index (χ4v) is 3.06. The first-order valence-corrected chi connectivity index (χ1v) is 7.30. The molecular formula is C14H18BrN3. The number of rotatable bonds is 2. The van der Waals surface area contributed by atoms with E-state index in [1.807, 2.05) is 18.3 Å². The standard InChI is InChI=1S/C14H18BrN3/c1-10-5-6-17(11(10)2)9-13-7-16-14-4-3-12(15)8-18(13)14/h3-4,7-8,10-11H,5-6,9H2,1-2H3/t10-,11-/m0/s1. The van der Waals surface area contributed by atoms with Gasteiger partial charge in [-0.1, -0.05) is 6.92 Å². The van der Waals surface area contributed by atoms with Gasteiger partial charge in [-0.2, -0.15) is 0 Å². The van der Waals surface area contributed by atoms with Crippen LogP contribution in [-0.4, -0.2) is 26.9 Å². The molecule has 3 rings (SSSR count). The Morgan fingerprint density at radius 1 is 1.39 bits per heavy atom. The second kappa shape index (κ2) is 4.67. The Labute approximate surface area is 116 Å². The molecule has 0 radical (unpaired) electrons. The third-order valence-electron chi connectivity index (χ3n) is 4.18. The highest BCUT2D eigenvalue weighted by atomic mass is 79.9. The molecule has 0 saturated carbocycles. The molecule has 2 aromatic heterocycles. The van der Waals surface area contributed by atoms with Crippen molar-refractivity contribution in [3.05, 3.63) is 34.7 Å². The molecule has 0 amide bonds. The summed E-state index contributed by atoms with van der Waals surface area (Å²) in [5.41, 5.74) is 2.29. The largest absolute Gasteiger partial charge is 0.302 e. The quantitative estimate of drug-likeness (QED) is 0.848. The van der Waals surface area contributed by atoms with Crippen LogP contribution >= 0.6 is 15.9 Å². The normalized spacial score (nSPS) is 25.1. The van der Waals surface area contributed by atoms with Crippen LogP contribution in [0.4, 0.5) is 0 Å². The maximum atomic E-state index is 4.46. The van der Waals surface area contributed by atoms with Gasteiger partial charge in [0, 0.05) is 23.3 Å². The molecule has 1 fully saturated rings. The highest BCUT2D eigenvalue weighted by Gasteiger charge is 2.27. The summed E-state index contributed by atoms with van der Waals surface area (Å²) in [6, 6.07) is 4.75. The van der Waals surface area contributed by atoms with Crippen molar-refractivity contribution in [2.24, 2.45) is 5.92 Å². The third-order valence-corrected chi connectivity index (χ3v) is 4.65. The Morgan fingerprint density at radius 3 is 2.94 bits per heavy atom. The number of hydrogen-bond donors (Lipinski definition) is 0. The molecule has 0 bridgehead atoms. The second-order valence-electron chi connectivity index (χ2n) is 5.30. The zero-order chi connectivity index (χ0) is 12.7. The van der Waals surface area contributed by atoms with Gasteiger partial charge < -0.3 is 4.40 Å². The van der Waals surface area contributed by atoms with Crippen molar-refractivity contribution in [1.29, 1.82) is 0 Å². The molecule has 0 spiro atoms. The van der Waals surface area contributed by atoms with Crippen molar-refractivity contribution >= 4 is 21.6 Å². The van der Waals surface area contributed by atoms with E-state index in [4.69, 9.17) is 0 Å². The van der Waals surface area contributed by atoms with Crippen LogP contribution in [0, 0.1) is 5.92 Å². The van der Waals surface area contributed by atoms with Gasteiger partial charge in [0.05, 0.1) is 11.9 Å². The number of nitrogens with zero attached hydrogens (tertiary/aromatic N) is 3. The van der Waals surface area contributed by atoms with Crippen LogP contribution in [0.1, 0.15) is 26.0 Å². The van der Waals surface area contributed by atoms with Crippen molar-refractivity contribution < 1.29 is 0 Å². The lowest BCUT2D eigenvalue weighted by Crippen LogP contribution is -2.29. The molecule has 0 unspecified atom stereocenters. The van der Waals surface area contributed by atoms with E-state index in [1.54, 1.807) is 0 Å². The lowest BCUT2D eigenvalue weighted by atomic mass is 10.1. The van der Waals surface area contributed by atoms with Crippen LogP contribution in [0.25, 0.3) is 5.65 Å². The maximum Gasteiger partial charge on any atom is 0.136 e. The smallest absolute Gasteiger partial charge is 0.136 e. The number of likely N-dealkylation sites (tertiary alicyclic amines) is 1. The average Bonchev–Trinajstić information content (AvgIpc) is 2.88. The molecule has 3 heterocycles. The Kier molecular flexibility index (Phi) is 3.16. The molecule has 0 N–H and O–H groups in total. The van der Waals surface area contributed by atoms with Gasteiger partial charge >= 0.3 is 0 Å². The summed E-state index contributed by atoms with van der Waals surface area (Å²) < 4.78 is 3.27. The molecule has 4 heteroatoms. The van der Waals surface area contributed by atoms with E-state index < -0.39 is 0 Å². The fourth-order valence-electron chi connectivity index (χ4n) is 2.73. The molecule has 1 saturated heterocycles. The topological polar surface area (TPSA) is 20.5 Å². The predicted octanol–water partition coefficient (Wildman–Crippen LogP) is 3.33. The van der Waals surface area contributed by atoms with E-state index in [0.29, 0.717) is 6.04 Å². The summed E-state index contributed by atoms with van der Waals surface area (Å²) in [4.78, 5) is 7.01. The van der Waals surface area contributed by atoms with Crippen molar-refractivity contribution in [2.75, 3.05) is 6.54 Å². The first-order valence-electron chi connectivity index (χ1n) is 6.50. The van der Waals surface area contributed by atoms with Gasteiger partial charge in [-0.3, -0.25) is 4.90 Å². The number of halogens is 1. The summed E-state index contributed by atoms with van der Waals surface area (Å²) in [6.07, 6.45) is 5.40. The molecule has 96 valence electrons. The summed E-state index contributed by atoms with van der Waals surface area (Å²) in [7, 11) is 0. The van der Waals surface area contributed by atoms with Gasteiger partial charge in [0.25, 0.3) is 0 Å². The minimum absolute atomic E-state index is 0.669. The fraction of sp³-hybridized carbons (Fsp3) is 0.500. The van der Waals surface area contributed by atoms with E-state index in [9.17, 15) is 0 Å². The van der Waals surface area contributed by atoms with Gasteiger partial charge in [0.2, 0.25) is 0 Å². The Bertz CT molecular complexity index is 563. The van der Waals surface area contributed by atoms with E-state index in [0.717, 1.165) is 22.6 Å². The van der Waals surface area contributed by atoms with Crippen LogP contribution in [-0.2, 0) is 6.54 Å². The summed E-state index contributed by atoms with van der Waals surface area (Å²) in [6.45, 7) is 6.86. The lowest BCUT2D eigenvalue weighted by molar-refractivity contribution is 0.236. The SMILES string of the molecule is C[C@H]1CCN(Cc2cnc3ccc(Br)cn23)[C@H]1C. The third kappa shape index (κ3) is 2.08. The highest BCUT2D eigenvalue weighted by molar-refractivity contribution is 9.10. The molecule has 1 aliphatic heterocycles. The Balaban J connectivity index is 1.89. The Morgan fingerprint density at radius 2 is 2.22 bits per heavy atom. The number of fused-ring (bicyclic) bond motifs is 1. The molecule has 2 atom stereocenters. The van der Waals surface area contributed by atoms with Crippen LogP contribution in [0.3, 0.4) is 0 Å². The lowest BCUT2D eigenvalue weighted by Gasteiger charge is -2.22. The van der Waals surface area contributed by atoms with Crippen LogP contribution in [0.5, 0.6) is 0 Å². The molecule has 0 aliphatic carbocycles. The summed E-state index contributed by atoms with van der Waals surface area (Å²) in [5.74, 6) is 0.802. The summed E-state index contributed by atoms with van der Waals surface area (Å²) in [5, 5.41) is 0. The minimum Gasteiger partial charge on any atom is -0.302 e. The van der Waals surface area contributed by atoms with E-state index >= 15 is 0 Å². The van der Waals surface area contributed by atoms with Crippen molar-refractivity contribution in [3.63, 3.8) is 0 Å². The van der Waals surface area contributed by atoms with Crippen LogP contribution in [0.2, 0.25) is 0 Å². The first-order chi connectivity index (χ1) is 8.65. The van der Waals surface area contributed by atoms with Gasteiger partial charge in [-0.05, 0) is 53.9 Å². The van der Waals surface area contributed by atoms with Gasteiger partial charge in [0.1, 0.15) is 5.65 Å².